The quantitative estimate of drug-likeness (QED) is 0.812. The molecule has 1 N–H and O–H groups in total. The maximum Gasteiger partial charge on any atom is 0.0334 e. The van der Waals surface area contributed by atoms with Crippen molar-refractivity contribution in [2.75, 3.05) is 19.6 Å². The van der Waals surface area contributed by atoms with Crippen molar-refractivity contribution in [3.63, 3.8) is 0 Å². The molecule has 0 atom stereocenters. The molecule has 0 amide bonds. The predicted molar refractivity (Wildman–Crippen MR) is 88.2 cm³/mol. The van der Waals surface area contributed by atoms with E-state index in [1.54, 1.807) is 0 Å². The summed E-state index contributed by atoms with van der Waals surface area (Å²) >= 11 is 0. The fourth-order valence-electron chi connectivity index (χ4n) is 4.21. The van der Waals surface area contributed by atoms with E-state index >= 15 is 0 Å². The van der Waals surface area contributed by atoms with Gasteiger partial charge < -0.3 is 5.32 Å². The first kappa shape index (κ1) is 16.3. The number of hydrogen-bond acceptors (Lipinski definition) is 2. The van der Waals surface area contributed by atoms with Gasteiger partial charge in [0.15, 0.2) is 0 Å². The van der Waals surface area contributed by atoms with E-state index in [1.807, 2.05) is 0 Å². The van der Waals surface area contributed by atoms with Gasteiger partial charge in [0.2, 0.25) is 0 Å². The van der Waals surface area contributed by atoms with Crippen LogP contribution in [0.25, 0.3) is 0 Å². The van der Waals surface area contributed by atoms with Crippen LogP contribution >= 0.6 is 0 Å². The van der Waals surface area contributed by atoms with E-state index in [9.17, 15) is 0 Å². The summed E-state index contributed by atoms with van der Waals surface area (Å²) in [5.74, 6) is 0.822. The molecule has 0 aromatic rings. The van der Waals surface area contributed by atoms with E-state index in [0.29, 0.717) is 11.1 Å². The summed E-state index contributed by atoms with van der Waals surface area (Å²) in [7, 11) is 0. The van der Waals surface area contributed by atoms with Crippen molar-refractivity contribution in [1.82, 2.24) is 10.2 Å². The lowest BCUT2D eigenvalue weighted by Gasteiger charge is -2.56. The van der Waals surface area contributed by atoms with E-state index in [0.717, 1.165) is 5.92 Å². The van der Waals surface area contributed by atoms with Gasteiger partial charge in [-0.15, -0.1) is 0 Å². The molecule has 2 fully saturated rings. The molecule has 2 heteroatoms. The van der Waals surface area contributed by atoms with Crippen LogP contribution < -0.4 is 5.32 Å². The second-order valence-electron chi connectivity index (χ2n) is 7.73. The molecule has 1 spiro atoms. The minimum atomic E-state index is 0.375. The van der Waals surface area contributed by atoms with Gasteiger partial charge in [0.1, 0.15) is 0 Å². The number of hydrogen-bond donors (Lipinski definition) is 1. The summed E-state index contributed by atoms with van der Waals surface area (Å²) < 4.78 is 0. The average Bonchev–Trinajstić information content (AvgIpc) is 2.48. The Labute approximate surface area is 126 Å². The van der Waals surface area contributed by atoms with Crippen molar-refractivity contribution in [2.24, 2.45) is 5.92 Å². The topological polar surface area (TPSA) is 15.3 Å². The molecule has 0 aromatic heterocycles. The Bertz CT molecular complexity index is 288. The minimum absolute atomic E-state index is 0.375. The highest BCUT2D eigenvalue weighted by Gasteiger charge is 2.46. The summed E-state index contributed by atoms with van der Waals surface area (Å²) in [5, 5.41) is 3.97. The molecule has 1 aliphatic carbocycles. The second-order valence-corrected chi connectivity index (χ2v) is 7.73. The Morgan fingerprint density at radius 1 is 1.05 bits per heavy atom. The average molecular weight is 280 g/mol. The molecule has 0 bridgehead atoms. The van der Waals surface area contributed by atoms with Crippen molar-refractivity contribution < 1.29 is 0 Å². The molecule has 0 aromatic carbocycles. The molecule has 1 aliphatic heterocycles. The highest BCUT2D eigenvalue weighted by molar-refractivity contribution is 5.05. The zero-order valence-corrected chi connectivity index (χ0v) is 14.3. The predicted octanol–water partition coefficient (Wildman–Crippen LogP) is 4.20. The zero-order valence-electron chi connectivity index (χ0n) is 14.3. The van der Waals surface area contributed by atoms with Crippen LogP contribution in [0.15, 0.2) is 0 Å². The van der Waals surface area contributed by atoms with E-state index in [-0.39, 0.29) is 0 Å². The van der Waals surface area contributed by atoms with Crippen LogP contribution in [-0.4, -0.2) is 35.6 Å². The lowest BCUT2D eigenvalue weighted by atomic mass is 9.75. The fourth-order valence-corrected chi connectivity index (χ4v) is 4.21. The largest absolute Gasteiger partial charge is 0.308 e. The Kier molecular flexibility index (Phi) is 5.53. The van der Waals surface area contributed by atoms with Crippen LogP contribution in [0, 0.1) is 5.92 Å². The van der Waals surface area contributed by atoms with Gasteiger partial charge >= 0.3 is 0 Å². The normalized spacial score (nSPS) is 26.2. The van der Waals surface area contributed by atoms with Gasteiger partial charge in [0.05, 0.1) is 0 Å². The van der Waals surface area contributed by atoms with E-state index in [2.05, 4.69) is 37.9 Å². The molecule has 1 saturated heterocycles. The molecular weight excluding hydrogens is 244 g/mol. The summed E-state index contributed by atoms with van der Waals surface area (Å²) in [6.07, 6.45) is 11.0. The van der Waals surface area contributed by atoms with Crippen LogP contribution in [0.1, 0.15) is 79.1 Å². The van der Waals surface area contributed by atoms with E-state index < -0.39 is 0 Å². The lowest BCUT2D eigenvalue weighted by Crippen LogP contribution is -2.70. The van der Waals surface area contributed by atoms with Crippen molar-refractivity contribution in [2.45, 2.75) is 90.1 Å². The van der Waals surface area contributed by atoms with Crippen molar-refractivity contribution in [3.05, 3.63) is 0 Å². The summed E-state index contributed by atoms with van der Waals surface area (Å²) in [5.41, 5.74) is 0.862. The van der Waals surface area contributed by atoms with Crippen LogP contribution in [0.2, 0.25) is 0 Å². The van der Waals surface area contributed by atoms with Gasteiger partial charge in [-0.2, -0.15) is 0 Å². The third-order valence-electron chi connectivity index (χ3n) is 6.07. The first-order valence-electron chi connectivity index (χ1n) is 9.06. The van der Waals surface area contributed by atoms with Gasteiger partial charge in [-0.05, 0) is 44.6 Å². The molecule has 2 rings (SSSR count). The molecular formula is C18H36N2. The standard InChI is InChI=1S/C18H36N2/c1-5-17(6-2)15-20(13-10-16(3)4)18(14-19-17)11-8-7-9-12-18/h16,19H,5-15H2,1-4H3. The molecule has 2 nitrogen and oxygen atoms in total. The Hall–Kier alpha value is -0.0800. The molecule has 118 valence electrons. The van der Waals surface area contributed by atoms with E-state index in [1.165, 1.54) is 71.0 Å². The number of piperazine rings is 1. The van der Waals surface area contributed by atoms with Crippen molar-refractivity contribution >= 4 is 0 Å². The summed E-state index contributed by atoms with van der Waals surface area (Å²) in [6.45, 7) is 13.2. The van der Waals surface area contributed by atoms with Gasteiger partial charge in [0.25, 0.3) is 0 Å². The van der Waals surface area contributed by atoms with E-state index in [4.69, 9.17) is 0 Å². The molecule has 0 unspecified atom stereocenters. The van der Waals surface area contributed by atoms with Crippen LogP contribution in [0.3, 0.4) is 0 Å². The van der Waals surface area contributed by atoms with Crippen LogP contribution in [-0.2, 0) is 0 Å². The number of rotatable bonds is 5. The molecule has 20 heavy (non-hydrogen) atoms. The molecule has 2 aliphatic rings. The van der Waals surface area contributed by atoms with Crippen molar-refractivity contribution in [3.8, 4) is 0 Å². The highest BCUT2D eigenvalue weighted by Crippen LogP contribution is 2.38. The third kappa shape index (κ3) is 3.39. The molecule has 0 radical (unpaired) electrons. The Morgan fingerprint density at radius 2 is 1.70 bits per heavy atom. The third-order valence-corrected chi connectivity index (χ3v) is 6.07. The Balaban J connectivity index is 2.11. The number of nitrogens with one attached hydrogen (secondary N) is 1. The zero-order chi connectivity index (χ0) is 14.6. The lowest BCUT2D eigenvalue weighted by molar-refractivity contribution is -0.0240. The molecule has 1 saturated carbocycles. The van der Waals surface area contributed by atoms with Gasteiger partial charge in [-0.1, -0.05) is 47.0 Å². The maximum absolute atomic E-state index is 3.97. The SMILES string of the molecule is CCC1(CC)CN(CCC(C)C)C2(CCCCC2)CN1. The second kappa shape index (κ2) is 6.79. The van der Waals surface area contributed by atoms with Crippen LogP contribution in [0.4, 0.5) is 0 Å². The maximum atomic E-state index is 3.97. The first-order valence-corrected chi connectivity index (χ1v) is 9.06. The first-order chi connectivity index (χ1) is 9.56. The number of nitrogens with zero attached hydrogens (tertiary/aromatic N) is 1. The highest BCUT2D eigenvalue weighted by atomic mass is 15.3. The van der Waals surface area contributed by atoms with Gasteiger partial charge in [-0.25, -0.2) is 0 Å². The minimum Gasteiger partial charge on any atom is -0.308 e. The van der Waals surface area contributed by atoms with Crippen molar-refractivity contribution in [1.29, 1.82) is 0 Å². The fraction of sp³-hybridized carbons (Fsp3) is 1.00. The van der Waals surface area contributed by atoms with Crippen LogP contribution in [0.5, 0.6) is 0 Å². The Morgan fingerprint density at radius 3 is 2.25 bits per heavy atom. The van der Waals surface area contributed by atoms with Gasteiger partial charge in [0, 0.05) is 24.2 Å². The van der Waals surface area contributed by atoms with Gasteiger partial charge in [-0.3, -0.25) is 4.90 Å². The summed E-state index contributed by atoms with van der Waals surface area (Å²) in [6, 6.07) is 0. The summed E-state index contributed by atoms with van der Waals surface area (Å²) in [4.78, 5) is 2.90. The smallest absolute Gasteiger partial charge is 0.0334 e. The molecule has 1 heterocycles. The monoisotopic (exact) mass is 280 g/mol.